The van der Waals surface area contributed by atoms with E-state index in [9.17, 15) is 5.11 Å². The average molecular weight is 263 g/mol. The van der Waals surface area contributed by atoms with Crippen molar-refractivity contribution in [2.75, 3.05) is 26.3 Å². The Labute approximate surface area is 116 Å². The zero-order chi connectivity index (χ0) is 13.8. The summed E-state index contributed by atoms with van der Waals surface area (Å²) in [6, 6.07) is 9.27. The van der Waals surface area contributed by atoms with E-state index in [0.717, 1.165) is 13.1 Å². The van der Waals surface area contributed by atoms with E-state index >= 15 is 0 Å². The molecule has 0 spiro atoms. The number of aliphatic hydroxyl groups excluding tert-OH is 1. The Bertz CT molecular complexity index is 388. The molecular weight excluding hydrogens is 238 g/mol. The van der Waals surface area contributed by atoms with Crippen LogP contribution in [-0.2, 0) is 4.74 Å². The summed E-state index contributed by atoms with van der Waals surface area (Å²) in [4.78, 5) is 2.38. The van der Waals surface area contributed by atoms with Crippen molar-refractivity contribution in [3.8, 4) is 0 Å². The SMILES string of the molecule is CC(C)c1ccc([C@H](C)N2CCO[C@H](CO)C2)cc1. The number of aliphatic hydroxyl groups is 1. The predicted molar refractivity (Wildman–Crippen MR) is 77.3 cm³/mol. The fourth-order valence-corrected chi connectivity index (χ4v) is 2.57. The molecule has 0 bridgehead atoms. The lowest BCUT2D eigenvalue weighted by molar-refractivity contribution is -0.0633. The molecule has 3 nitrogen and oxygen atoms in total. The van der Waals surface area contributed by atoms with Crippen molar-refractivity contribution < 1.29 is 9.84 Å². The highest BCUT2D eigenvalue weighted by molar-refractivity contribution is 5.26. The minimum absolute atomic E-state index is 0.0360. The van der Waals surface area contributed by atoms with E-state index in [-0.39, 0.29) is 12.7 Å². The number of morpholine rings is 1. The predicted octanol–water partition coefficient (Wildman–Crippen LogP) is 2.56. The van der Waals surface area contributed by atoms with Crippen LogP contribution in [0.25, 0.3) is 0 Å². The van der Waals surface area contributed by atoms with Crippen molar-refractivity contribution in [3.63, 3.8) is 0 Å². The minimum atomic E-state index is -0.0360. The first-order valence-corrected chi connectivity index (χ1v) is 7.18. The van der Waals surface area contributed by atoms with Crippen LogP contribution in [-0.4, -0.2) is 42.4 Å². The Kier molecular flexibility index (Phi) is 4.97. The molecule has 19 heavy (non-hydrogen) atoms. The van der Waals surface area contributed by atoms with Crippen LogP contribution in [0.2, 0.25) is 0 Å². The highest BCUT2D eigenvalue weighted by Crippen LogP contribution is 2.24. The maximum atomic E-state index is 9.21. The van der Waals surface area contributed by atoms with E-state index < -0.39 is 0 Å². The van der Waals surface area contributed by atoms with Crippen LogP contribution >= 0.6 is 0 Å². The van der Waals surface area contributed by atoms with E-state index in [1.807, 2.05) is 0 Å². The Morgan fingerprint density at radius 2 is 1.84 bits per heavy atom. The van der Waals surface area contributed by atoms with E-state index in [1.54, 1.807) is 0 Å². The van der Waals surface area contributed by atoms with E-state index in [1.165, 1.54) is 11.1 Å². The molecule has 1 aromatic rings. The first-order valence-electron chi connectivity index (χ1n) is 7.18. The van der Waals surface area contributed by atoms with Gasteiger partial charge >= 0.3 is 0 Å². The molecule has 106 valence electrons. The second-order valence-electron chi connectivity index (χ2n) is 5.67. The Hall–Kier alpha value is -0.900. The minimum Gasteiger partial charge on any atom is -0.394 e. The molecule has 0 unspecified atom stereocenters. The van der Waals surface area contributed by atoms with Gasteiger partial charge in [-0.15, -0.1) is 0 Å². The van der Waals surface area contributed by atoms with Gasteiger partial charge in [-0.2, -0.15) is 0 Å². The molecule has 3 heteroatoms. The van der Waals surface area contributed by atoms with Crippen LogP contribution in [0.15, 0.2) is 24.3 Å². The van der Waals surface area contributed by atoms with Gasteiger partial charge in [0.15, 0.2) is 0 Å². The largest absolute Gasteiger partial charge is 0.394 e. The number of hydrogen-bond acceptors (Lipinski definition) is 3. The third-order valence-corrected chi connectivity index (χ3v) is 4.01. The Morgan fingerprint density at radius 1 is 1.21 bits per heavy atom. The maximum Gasteiger partial charge on any atom is 0.0933 e. The molecule has 0 saturated carbocycles. The van der Waals surface area contributed by atoms with Gasteiger partial charge in [0.25, 0.3) is 0 Å². The summed E-state index contributed by atoms with van der Waals surface area (Å²) in [6.45, 7) is 9.21. The second kappa shape index (κ2) is 6.51. The Morgan fingerprint density at radius 3 is 2.42 bits per heavy atom. The van der Waals surface area contributed by atoms with Crippen LogP contribution in [0.5, 0.6) is 0 Å². The average Bonchev–Trinajstić information content (AvgIpc) is 2.46. The van der Waals surface area contributed by atoms with Crippen molar-refractivity contribution in [2.24, 2.45) is 0 Å². The first-order chi connectivity index (χ1) is 9.11. The number of hydrogen-bond donors (Lipinski definition) is 1. The highest BCUT2D eigenvalue weighted by atomic mass is 16.5. The molecule has 0 aromatic heterocycles. The fourth-order valence-electron chi connectivity index (χ4n) is 2.57. The van der Waals surface area contributed by atoms with Crippen molar-refractivity contribution in [1.82, 2.24) is 4.90 Å². The highest BCUT2D eigenvalue weighted by Gasteiger charge is 2.24. The summed E-state index contributed by atoms with van der Waals surface area (Å²) < 4.78 is 5.50. The molecule has 1 aliphatic rings. The van der Waals surface area contributed by atoms with Gasteiger partial charge in [0.1, 0.15) is 0 Å². The van der Waals surface area contributed by atoms with Gasteiger partial charge in [0.2, 0.25) is 0 Å². The molecule has 0 aliphatic carbocycles. The van der Waals surface area contributed by atoms with Gasteiger partial charge in [0, 0.05) is 19.1 Å². The van der Waals surface area contributed by atoms with Crippen molar-refractivity contribution in [3.05, 3.63) is 35.4 Å². The number of ether oxygens (including phenoxy) is 1. The molecule has 2 rings (SSSR count). The number of nitrogens with zero attached hydrogens (tertiary/aromatic N) is 1. The molecule has 0 radical (unpaired) electrons. The molecular formula is C16H25NO2. The summed E-state index contributed by atoms with van der Waals surface area (Å²) in [7, 11) is 0. The van der Waals surface area contributed by atoms with Crippen LogP contribution in [0.4, 0.5) is 0 Å². The zero-order valence-corrected chi connectivity index (χ0v) is 12.2. The van der Waals surface area contributed by atoms with Gasteiger partial charge in [-0.25, -0.2) is 0 Å². The van der Waals surface area contributed by atoms with Gasteiger partial charge in [-0.05, 0) is 24.0 Å². The lowest BCUT2D eigenvalue weighted by Crippen LogP contribution is -2.44. The number of benzene rings is 1. The lowest BCUT2D eigenvalue weighted by Gasteiger charge is -2.36. The molecule has 1 aromatic carbocycles. The van der Waals surface area contributed by atoms with Crippen LogP contribution in [0, 0.1) is 0 Å². The molecule has 1 N–H and O–H groups in total. The molecule has 1 saturated heterocycles. The molecule has 1 aliphatic heterocycles. The van der Waals surface area contributed by atoms with Crippen LogP contribution in [0.1, 0.15) is 43.9 Å². The van der Waals surface area contributed by atoms with E-state index in [2.05, 4.69) is 49.9 Å². The molecule has 1 heterocycles. The quantitative estimate of drug-likeness (QED) is 0.906. The maximum absolute atomic E-state index is 9.21. The molecule has 0 amide bonds. The van der Waals surface area contributed by atoms with Crippen LogP contribution in [0.3, 0.4) is 0 Å². The molecule has 1 fully saturated rings. The van der Waals surface area contributed by atoms with Gasteiger partial charge in [-0.1, -0.05) is 38.1 Å². The normalized spacial score (nSPS) is 22.7. The third kappa shape index (κ3) is 3.56. The summed E-state index contributed by atoms with van der Waals surface area (Å²) in [6.07, 6.45) is -0.0360. The zero-order valence-electron chi connectivity index (χ0n) is 12.2. The molecule has 2 atom stereocenters. The van der Waals surface area contributed by atoms with Crippen molar-refractivity contribution in [1.29, 1.82) is 0 Å². The summed E-state index contributed by atoms with van der Waals surface area (Å²) in [5.74, 6) is 0.575. The lowest BCUT2D eigenvalue weighted by atomic mass is 9.99. The van der Waals surface area contributed by atoms with Gasteiger partial charge in [0.05, 0.1) is 19.3 Å². The Balaban J connectivity index is 2.04. The number of rotatable bonds is 4. The smallest absolute Gasteiger partial charge is 0.0933 e. The standard InChI is InChI=1S/C16H25NO2/c1-12(2)14-4-6-15(7-5-14)13(3)17-8-9-19-16(10-17)11-18/h4-7,12-13,16,18H,8-11H2,1-3H3/t13-,16-/m0/s1. The second-order valence-corrected chi connectivity index (χ2v) is 5.67. The van der Waals surface area contributed by atoms with Gasteiger partial charge in [-0.3, -0.25) is 4.90 Å². The summed E-state index contributed by atoms with van der Waals surface area (Å²) >= 11 is 0. The fraction of sp³-hybridized carbons (Fsp3) is 0.625. The van der Waals surface area contributed by atoms with Gasteiger partial charge < -0.3 is 9.84 Å². The van der Waals surface area contributed by atoms with Crippen molar-refractivity contribution in [2.45, 2.75) is 38.8 Å². The van der Waals surface area contributed by atoms with Crippen molar-refractivity contribution >= 4 is 0 Å². The van der Waals surface area contributed by atoms with Crippen LogP contribution < -0.4 is 0 Å². The monoisotopic (exact) mass is 263 g/mol. The third-order valence-electron chi connectivity index (χ3n) is 4.01. The topological polar surface area (TPSA) is 32.7 Å². The van der Waals surface area contributed by atoms with E-state index in [4.69, 9.17) is 4.74 Å². The summed E-state index contributed by atoms with van der Waals surface area (Å²) in [5.41, 5.74) is 2.72. The van der Waals surface area contributed by atoms with E-state index in [0.29, 0.717) is 18.6 Å². The first kappa shape index (κ1) is 14.5. The summed E-state index contributed by atoms with van der Waals surface area (Å²) in [5, 5.41) is 9.21.